The van der Waals surface area contributed by atoms with Gasteiger partial charge in [0.2, 0.25) is 0 Å². The Morgan fingerprint density at radius 1 is 0.905 bits per heavy atom. The SMILES string of the molecule is CN(Cc1ccccc1)Cc1cccc(C(C)(C)C)c1O. The zero-order valence-corrected chi connectivity index (χ0v) is 13.4. The van der Waals surface area contributed by atoms with Gasteiger partial charge in [-0.3, -0.25) is 4.90 Å². The van der Waals surface area contributed by atoms with Crippen LogP contribution in [0.15, 0.2) is 48.5 Å². The summed E-state index contributed by atoms with van der Waals surface area (Å²) in [5.41, 5.74) is 3.23. The number of aromatic hydroxyl groups is 1. The molecule has 0 fully saturated rings. The van der Waals surface area contributed by atoms with Gasteiger partial charge >= 0.3 is 0 Å². The summed E-state index contributed by atoms with van der Waals surface area (Å²) in [6.45, 7) is 7.99. The molecule has 0 radical (unpaired) electrons. The molecule has 0 saturated heterocycles. The number of phenols is 1. The molecule has 0 aromatic heterocycles. The van der Waals surface area contributed by atoms with Crippen LogP contribution >= 0.6 is 0 Å². The number of hydrogen-bond acceptors (Lipinski definition) is 2. The maximum Gasteiger partial charge on any atom is 0.123 e. The Morgan fingerprint density at radius 3 is 2.19 bits per heavy atom. The topological polar surface area (TPSA) is 23.5 Å². The number of nitrogens with zero attached hydrogens (tertiary/aromatic N) is 1. The van der Waals surface area contributed by atoms with Crippen molar-refractivity contribution >= 4 is 0 Å². The van der Waals surface area contributed by atoms with Crippen molar-refractivity contribution in [2.75, 3.05) is 7.05 Å². The third-order valence-corrected chi connectivity index (χ3v) is 3.66. The summed E-state index contributed by atoms with van der Waals surface area (Å²) in [5.74, 6) is 0.435. The molecule has 0 unspecified atom stereocenters. The lowest BCUT2D eigenvalue weighted by Crippen LogP contribution is -2.18. The maximum atomic E-state index is 10.5. The second-order valence-corrected chi connectivity index (χ2v) is 6.72. The predicted octanol–water partition coefficient (Wildman–Crippen LogP) is 4.32. The van der Waals surface area contributed by atoms with Crippen LogP contribution in [0.3, 0.4) is 0 Å². The molecule has 2 heteroatoms. The molecule has 2 rings (SSSR count). The van der Waals surface area contributed by atoms with Gasteiger partial charge in [0.05, 0.1) is 0 Å². The van der Waals surface area contributed by atoms with Crippen molar-refractivity contribution in [3.05, 3.63) is 65.2 Å². The number of phenolic OH excluding ortho intramolecular Hbond substituents is 1. The van der Waals surface area contributed by atoms with Crippen LogP contribution in [0.2, 0.25) is 0 Å². The van der Waals surface area contributed by atoms with Gasteiger partial charge in [0, 0.05) is 18.7 Å². The molecule has 0 amide bonds. The molecule has 0 atom stereocenters. The van der Waals surface area contributed by atoms with Gasteiger partial charge in [-0.15, -0.1) is 0 Å². The number of para-hydroxylation sites is 1. The van der Waals surface area contributed by atoms with E-state index in [1.807, 2.05) is 24.3 Å². The fraction of sp³-hybridized carbons (Fsp3) is 0.368. The molecule has 2 nitrogen and oxygen atoms in total. The molecule has 0 saturated carbocycles. The summed E-state index contributed by atoms with van der Waals surface area (Å²) in [4.78, 5) is 2.22. The Labute approximate surface area is 128 Å². The Kier molecular flexibility index (Phi) is 4.69. The molecule has 2 aromatic carbocycles. The lowest BCUT2D eigenvalue weighted by Gasteiger charge is -2.24. The third kappa shape index (κ3) is 4.08. The van der Waals surface area contributed by atoms with Crippen LogP contribution in [0.1, 0.15) is 37.5 Å². The van der Waals surface area contributed by atoms with E-state index in [2.05, 4.69) is 57.0 Å². The van der Waals surface area contributed by atoms with Crippen LogP contribution in [0, 0.1) is 0 Å². The van der Waals surface area contributed by atoms with Crippen LogP contribution in [-0.2, 0) is 18.5 Å². The Morgan fingerprint density at radius 2 is 1.57 bits per heavy atom. The number of rotatable bonds is 4. The van der Waals surface area contributed by atoms with Crippen LogP contribution in [0.5, 0.6) is 5.75 Å². The summed E-state index contributed by atoms with van der Waals surface area (Å²) in [6, 6.07) is 16.4. The van der Waals surface area contributed by atoms with Crippen molar-refractivity contribution in [3.8, 4) is 5.75 Å². The highest BCUT2D eigenvalue weighted by Gasteiger charge is 2.20. The Hall–Kier alpha value is -1.80. The van der Waals surface area contributed by atoms with E-state index in [-0.39, 0.29) is 5.41 Å². The average Bonchev–Trinajstić information content (AvgIpc) is 2.41. The normalized spacial score (nSPS) is 11.9. The van der Waals surface area contributed by atoms with Crippen molar-refractivity contribution in [1.82, 2.24) is 4.90 Å². The molecule has 0 heterocycles. The van der Waals surface area contributed by atoms with Gasteiger partial charge in [0.25, 0.3) is 0 Å². The van der Waals surface area contributed by atoms with E-state index < -0.39 is 0 Å². The van der Waals surface area contributed by atoms with Crippen molar-refractivity contribution in [3.63, 3.8) is 0 Å². The molecule has 0 bridgehead atoms. The van der Waals surface area contributed by atoms with E-state index in [4.69, 9.17) is 0 Å². The zero-order chi connectivity index (χ0) is 15.5. The van der Waals surface area contributed by atoms with Crippen LogP contribution in [-0.4, -0.2) is 17.1 Å². The van der Waals surface area contributed by atoms with Gasteiger partial charge < -0.3 is 5.11 Å². The van der Waals surface area contributed by atoms with Crippen molar-refractivity contribution < 1.29 is 5.11 Å². The molecule has 0 aliphatic carbocycles. The van der Waals surface area contributed by atoms with Crippen LogP contribution in [0.4, 0.5) is 0 Å². The first-order valence-electron chi connectivity index (χ1n) is 7.42. The molecule has 0 aliphatic heterocycles. The van der Waals surface area contributed by atoms with Crippen molar-refractivity contribution in [2.24, 2.45) is 0 Å². The van der Waals surface area contributed by atoms with Crippen LogP contribution < -0.4 is 0 Å². The molecule has 1 N–H and O–H groups in total. The highest BCUT2D eigenvalue weighted by atomic mass is 16.3. The monoisotopic (exact) mass is 283 g/mol. The second-order valence-electron chi connectivity index (χ2n) is 6.72. The first-order chi connectivity index (χ1) is 9.88. The summed E-state index contributed by atoms with van der Waals surface area (Å²) in [5, 5.41) is 10.5. The lowest BCUT2D eigenvalue weighted by molar-refractivity contribution is 0.311. The first-order valence-corrected chi connectivity index (χ1v) is 7.42. The highest BCUT2D eigenvalue weighted by Crippen LogP contribution is 2.33. The van der Waals surface area contributed by atoms with E-state index in [0.29, 0.717) is 5.75 Å². The standard InChI is InChI=1S/C19H25NO/c1-19(2,3)17-12-8-11-16(18(17)21)14-20(4)13-15-9-6-5-7-10-15/h5-12,21H,13-14H2,1-4H3. The van der Waals surface area contributed by atoms with E-state index in [1.54, 1.807) is 0 Å². The maximum absolute atomic E-state index is 10.5. The fourth-order valence-electron chi connectivity index (χ4n) is 2.57. The number of hydrogen-bond donors (Lipinski definition) is 1. The van der Waals surface area contributed by atoms with Gasteiger partial charge in [-0.05, 0) is 23.6 Å². The van der Waals surface area contributed by atoms with Gasteiger partial charge in [-0.25, -0.2) is 0 Å². The summed E-state index contributed by atoms with van der Waals surface area (Å²) >= 11 is 0. The first kappa shape index (κ1) is 15.6. The van der Waals surface area contributed by atoms with E-state index >= 15 is 0 Å². The van der Waals surface area contributed by atoms with E-state index in [0.717, 1.165) is 24.2 Å². The average molecular weight is 283 g/mol. The summed E-state index contributed by atoms with van der Waals surface area (Å²) in [6.07, 6.45) is 0. The molecular formula is C19H25NO. The second kappa shape index (κ2) is 6.31. The Bertz CT molecular complexity index is 584. The fourth-order valence-corrected chi connectivity index (χ4v) is 2.57. The smallest absolute Gasteiger partial charge is 0.123 e. The minimum atomic E-state index is -0.0436. The largest absolute Gasteiger partial charge is 0.507 e. The summed E-state index contributed by atoms with van der Waals surface area (Å²) in [7, 11) is 2.08. The van der Waals surface area contributed by atoms with Gasteiger partial charge in [-0.1, -0.05) is 69.3 Å². The number of benzene rings is 2. The Balaban J connectivity index is 2.13. The van der Waals surface area contributed by atoms with Crippen LogP contribution in [0.25, 0.3) is 0 Å². The molecule has 21 heavy (non-hydrogen) atoms. The molecule has 112 valence electrons. The minimum Gasteiger partial charge on any atom is -0.507 e. The lowest BCUT2D eigenvalue weighted by atomic mass is 9.85. The molecule has 2 aromatic rings. The molecule has 0 spiro atoms. The van der Waals surface area contributed by atoms with Crippen molar-refractivity contribution in [1.29, 1.82) is 0 Å². The highest BCUT2D eigenvalue weighted by molar-refractivity contribution is 5.44. The van der Waals surface area contributed by atoms with Crippen molar-refractivity contribution in [2.45, 2.75) is 39.3 Å². The summed E-state index contributed by atoms with van der Waals surface area (Å²) < 4.78 is 0. The van der Waals surface area contributed by atoms with E-state index in [9.17, 15) is 5.11 Å². The zero-order valence-electron chi connectivity index (χ0n) is 13.4. The van der Waals surface area contributed by atoms with Gasteiger partial charge in [0.15, 0.2) is 0 Å². The van der Waals surface area contributed by atoms with E-state index in [1.165, 1.54) is 5.56 Å². The van der Waals surface area contributed by atoms with Gasteiger partial charge in [-0.2, -0.15) is 0 Å². The molecular weight excluding hydrogens is 258 g/mol. The quantitative estimate of drug-likeness (QED) is 0.903. The third-order valence-electron chi connectivity index (χ3n) is 3.66. The molecule has 0 aliphatic rings. The predicted molar refractivity (Wildman–Crippen MR) is 88.4 cm³/mol. The van der Waals surface area contributed by atoms with Gasteiger partial charge in [0.1, 0.15) is 5.75 Å². The minimum absolute atomic E-state index is 0.0436.